The van der Waals surface area contributed by atoms with E-state index >= 15 is 0 Å². The summed E-state index contributed by atoms with van der Waals surface area (Å²) in [5.74, 6) is -1.36. The van der Waals surface area contributed by atoms with Gasteiger partial charge in [0, 0.05) is 17.8 Å². The Bertz CT molecular complexity index is 1350. The lowest BCUT2D eigenvalue weighted by molar-refractivity contribution is -0.384. The van der Waals surface area contributed by atoms with Gasteiger partial charge in [-0.05, 0) is 34.9 Å². The number of carbonyl (C=O) groups is 2. The summed E-state index contributed by atoms with van der Waals surface area (Å²) < 4.78 is 0. The van der Waals surface area contributed by atoms with Crippen molar-refractivity contribution < 1.29 is 19.6 Å². The van der Waals surface area contributed by atoms with Crippen LogP contribution >= 0.6 is 0 Å². The van der Waals surface area contributed by atoms with Crippen molar-refractivity contribution in [2.45, 2.75) is 38.1 Å². The number of likely N-dealkylation sites (tertiary alicyclic amines) is 1. The predicted molar refractivity (Wildman–Crippen MR) is 135 cm³/mol. The topological polar surface area (TPSA) is 116 Å². The molecule has 184 valence electrons. The van der Waals surface area contributed by atoms with E-state index in [1.165, 1.54) is 29.2 Å². The highest BCUT2D eigenvalue weighted by atomic mass is 16.6. The third-order valence-electron chi connectivity index (χ3n) is 6.90. The normalized spacial score (nSPS) is 22.6. The summed E-state index contributed by atoms with van der Waals surface area (Å²) >= 11 is 0. The summed E-state index contributed by atoms with van der Waals surface area (Å²) in [5.41, 5.74) is 4.47. The minimum absolute atomic E-state index is 0.0597. The second kappa shape index (κ2) is 9.52. The molecule has 2 aliphatic heterocycles. The SMILES string of the molecule is CC[C@@H](O)[C@H]1C=C[C@H]2C(=O)N(Cc3cccc4ccccc34)C(=O)[C@H]2N1Nc1ccc([N+](=O)[O-])cc1. The molecule has 2 heterocycles. The number of benzene rings is 3. The quantitative estimate of drug-likeness (QED) is 0.227. The monoisotopic (exact) mass is 486 g/mol. The van der Waals surface area contributed by atoms with Crippen molar-refractivity contribution in [2.75, 3.05) is 5.43 Å². The maximum atomic E-state index is 13.7. The first kappa shape index (κ1) is 23.7. The Hall–Kier alpha value is -4.08. The number of carbonyl (C=O) groups excluding carboxylic acids is 2. The van der Waals surface area contributed by atoms with Crippen LogP contribution in [0.15, 0.2) is 78.9 Å². The largest absolute Gasteiger partial charge is 0.391 e. The molecule has 0 aromatic heterocycles. The third-order valence-corrected chi connectivity index (χ3v) is 6.90. The Morgan fingerprint density at radius 2 is 1.72 bits per heavy atom. The number of hydrogen-bond donors (Lipinski definition) is 2. The second-order valence-electron chi connectivity index (χ2n) is 9.05. The van der Waals surface area contributed by atoms with Gasteiger partial charge in [-0.2, -0.15) is 0 Å². The van der Waals surface area contributed by atoms with Crippen molar-refractivity contribution in [1.29, 1.82) is 0 Å². The van der Waals surface area contributed by atoms with E-state index in [2.05, 4.69) is 5.43 Å². The van der Waals surface area contributed by atoms with Crippen LogP contribution in [0.1, 0.15) is 18.9 Å². The van der Waals surface area contributed by atoms with Crippen molar-refractivity contribution in [1.82, 2.24) is 9.91 Å². The highest BCUT2D eigenvalue weighted by Crippen LogP contribution is 2.35. The molecule has 1 saturated heterocycles. The van der Waals surface area contributed by atoms with Gasteiger partial charge in [0.1, 0.15) is 6.04 Å². The number of fused-ring (bicyclic) bond motifs is 2. The number of nitro benzene ring substituents is 1. The van der Waals surface area contributed by atoms with Crippen LogP contribution in [-0.2, 0) is 16.1 Å². The van der Waals surface area contributed by atoms with E-state index in [4.69, 9.17) is 0 Å². The number of nitrogens with zero attached hydrogens (tertiary/aromatic N) is 3. The first-order valence-electron chi connectivity index (χ1n) is 11.9. The predicted octanol–water partition coefficient (Wildman–Crippen LogP) is 3.64. The number of imide groups is 1. The lowest BCUT2D eigenvalue weighted by atomic mass is 9.92. The Kier molecular flexibility index (Phi) is 6.26. The summed E-state index contributed by atoms with van der Waals surface area (Å²) in [6.45, 7) is 1.98. The fourth-order valence-electron chi connectivity index (χ4n) is 4.99. The van der Waals surface area contributed by atoms with Gasteiger partial charge < -0.3 is 10.5 Å². The molecule has 36 heavy (non-hydrogen) atoms. The van der Waals surface area contributed by atoms with Crippen molar-refractivity contribution >= 4 is 34.0 Å². The van der Waals surface area contributed by atoms with Crippen LogP contribution in [0.5, 0.6) is 0 Å². The van der Waals surface area contributed by atoms with E-state index in [9.17, 15) is 24.8 Å². The summed E-state index contributed by atoms with van der Waals surface area (Å²) in [7, 11) is 0. The van der Waals surface area contributed by atoms with Gasteiger partial charge in [0.2, 0.25) is 11.8 Å². The second-order valence-corrected chi connectivity index (χ2v) is 9.05. The lowest BCUT2D eigenvalue weighted by Crippen LogP contribution is -2.57. The molecule has 0 spiro atoms. The van der Waals surface area contributed by atoms with Gasteiger partial charge >= 0.3 is 0 Å². The zero-order chi connectivity index (χ0) is 25.4. The summed E-state index contributed by atoms with van der Waals surface area (Å²) in [4.78, 5) is 38.9. The lowest BCUT2D eigenvalue weighted by Gasteiger charge is -2.40. The summed E-state index contributed by atoms with van der Waals surface area (Å²) in [6.07, 6.45) is 3.11. The van der Waals surface area contributed by atoms with Crippen LogP contribution < -0.4 is 5.43 Å². The van der Waals surface area contributed by atoms with E-state index in [1.807, 2.05) is 49.4 Å². The molecule has 2 N–H and O–H groups in total. The molecule has 5 rings (SSSR count). The highest BCUT2D eigenvalue weighted by Gasteiger charge is 2.53. The van der Waals surface area contributed by atoms with Gasteiger partial charge in [-0.1, -0.05) is 61.5 Å². The molecule has 2 aliphatic rings. The molecule has 9 heteroatoms. The van der Waals surface area contributed by atoms with Crippen molar-refractivity contribution in [3.8, 4) is 0 Å². The molecule has 9 nitrogen and oxygen atoms in total. The third kappa shape index (κ3) is 4.12. The smallest absolute Gasteiger partial charge is 0.269 e. The average molecular weight is 487 g/mol. The molecule has 0 saturated carbocycles. The Morgan fingerprint density at radius 1 is 1.00 bits per heavy atom. The molecule has 0 bridgehead atoms. The molecule has 0 radical (unpaired) electrons. The number of amides is 2. The minimum atomic E-state index is -0.862. The Balaban J connectivity index is 1.47. The first-order valence-corrected chi connectivity index (χ1v) is 11.9. The molecular formula is C27H26N4O5. The maximum Gasteiger partial charge on any atom is 0.269 e. The van der Waals surface area contributed by atoms with Crippen molar-refractivity contribution in [3.05, 3.63) is 94.6 Å². The van der Waals surface area contributed by atoms with Crippen LogP contribution in [0.3, 0.4) is 0 Å². The zero-order valence-corrected chi connectivity index (χ0v) is 19.7. The number of aliphatic hydroxyl groups excluding tert-OH is 1. The summed E-state index contributed by atoms with van der Waals surface area (Å²) in [5, 5.41) is 25.4. The minimum Gasteiger partial charge on any atom is -0.391 e. The van der Waals surface area contributed by atoms with Crippen LogP contribution in [0.25, 0.3) is 10.8 Å². The number of nitro groups is 1. The van der Waals surface area contributed by atoms with E-state index in [0.29, 0.717) is 12.1 Å². The Morgan fingerprint density at radius 3 is 2.44 bits per heavy atom. The van der Waals surface area contributed by atoms with E-state index in [1.54, 1.807) is 17.2 Å². The fraction of sp³-hybridized carbons (Fsp3) is 0.259. The van der Waals surface area contributed by atoms with E-state index < -0.39 is 29.0 Å². The molecular weight excluding hydrogens is 460 g/mol. The standard InChI is InChI=1S/C27H26N4O5/c1-2-24(32)23-15-14-22-25(30(23)28-19-10-12-20(13-11-19)31(35)36)27(34)29(26(22)33)16-18-8-5-7-17-6-3-4-9-21(17)18/h3-15,22-25,28,32H,2,16H2,1H3/t22-,23-,24-,25+/m1/s1. The summed E-state index contributed by atoms with van der Waals surface area (Å²) in [6, 6.07) is 18.0. The highest BCUT2D eigenvalue weighted by molar-refractivity contribution is 6.08. The number of rotatable bonds is 7. The molecule has 0 unspecified atom stereocenters. The molecule has 0 aliphatic carbocycles. The van der Waals surface area contributed by atoms with E-state index in [-0.39, 0.29) is 24.0 Å². The van der Waals surface area contributed by atoms with Gasteiger partial charge in [0.15, 0.2) is 0 Å². The molecule has 4 atom stereocenters. The fourth-order valence-corrected chi connectivity index (χ4v) is 4.99. The van der Waals surface area contributed by atoms with Crippen molar-refractivity contribution in [2.24, 2.45) is 5.92 Å². The molecule has 2 amide bonds. The van der Waals surface area contributed by atoms with Crippen LogP contribution in [-0.4, -0.2) is 49.9 Å². The van der Waals surface area contributed by atoms with Gasteiger partial charge in [-0.3, -0.25) is 24.6 Å². The average Bonchev–Trinajstić information content (AvgIpc) is 3.14. The van der Waals surface area contributed by atoms with Crippen LogP contribution in [0.4, 0.5) is 11.4 Å². The molecule has 1 fully saturated rings. The number of hydrogen-bond acceptors (Lipinski definition) is 7. The van der Waals surface area contributed by atoms with Crippen molar-refractivity contribution in [3.63, 3.8) is 0 Å². The number of nitrogens with one attached hydrogen (secondary N) is 1. The number of aliphatic hydroxyl groups is 1. The van der Waals surface area contributed by atoms with E-state index in [0.717, 1.165) is 16.3 Å². The number of anilines is 1. The van der Waals surface area contributed by atoms with Crippen LogP contribution in [0.2, 0.25) is 0 Å². The van der Waals surface area contributed by atoms with Gasteiger partial charge in [-0.25, -0.2) is 5.01 Å². The Labute approximate surface area is 207 Å². The van der Waals surface area contributed by atoms with Gasteiger partial charge in [0.25, 0.3) is 5.69 Å². The van der Waals surface area contributed by atoms with Gasteiger partial charge in [-0.15, -0.1) is 0 Å². The number of hydrazine groups is 1. The first-order chi connectivity index (χ1) is 17.4. The zero-order valence-electron chi connectivity index (χ0n) is 19.7. The van der Waals surface area contributed by atoms with Crippen LogP contribution in [0, 0.1) is 16.0 Å². The number of non-ortho nitro benzene ring substituents is 1. The molecule has 3 aromatic carbocycles. The molecule has 3 aromatic rings. The van der Waals surface area contributed by atoms with Gasteiger partial charge in [0.05, 0.1) is 29.5 Å². The maximum absolute atomic E-state index is 13.7.